The first-order chi connectivity index (χ1) is 17.7. The molecule has 1 aromatic carbocycles. The SMILES string of the molecule is O=C1NCC2CN(c3ncc(-c4ccc5nc6n(c5n4)C(c4ccccc4F)COC6)cn3)CCN12. The maximum absolute atomic E-state index is 14.6. The van der Waals surface area contributed by atoms with Crippen molar-refractivity contribution in [1.29, 1.82) is 0 Å². The summed E-state index contributed by atoms with van der Waals surface area (Å²) in [6.07, 6.45) is 3.54. The van der Waals surface area contributed by atoms with Crippen LogP contribution in [0.2, 0.25) is 0 Å². The number of halogens is 1. The van der Waals surface area contributed by atoms with E-state index in [1.165, 1.54) is 6.07 Å². The highest BCUT2D eigenvalue weighted by atomic mass is 19.1. The average molecular weight is 487 g/mol. The molecule has 3 aliphatic heterocycles. The van der Waals surface area contributed by atoms with Gasteiger partial charge in [-0.2, -0.15) is 0 Å². The van der Waals surface area contributed by atoms with Crippen molar-refractivity contribution in [1.82, 2.24) is 34.7 Å². The number of amides is 2. The molecule has 7 rings (SSSR count). The van der Waals surface area contributed by atoms with Crippen molar-refractivity contribution in [2.75, 3.05) is 37.7 Å². The number of aromatic nitrogens is 5. The van der Waals surface area contributed by atoms with Crippen LogP contribution >= 0.6 is 0 Å². The first-order valence-corrected chi connectivity index (χ1v) is 12.0. The topological polar surface area (TPSA) is 101 Å². The lowest BCUT2D eigenvalue weighted by Crippen LogP contribution is -2.52. The van der Waals surface area contributed by atoms with Gasteiger partial charge in [-0.3, -0.25) is 0 Å². The largest absolute Gasteiger partial charge is 0.371 e. The van der Waals surface area contributed by atoms with Gasteiger partial charge in [-0.15, -0.1) is 0 Å². The standard InChI is InChI=1S/C25H23FN8O2/c26-18-4-2-1-3-17(18)21-13-36-14-22-30-20-6-5-19(31-23(20)34(21)22)15-9-27-24(28-10-15)32-7-8-33-16(12-32)11-29-25(33)35/h1-6,9-10,16,21H,7-8,11-14H2,(H,29,35). The van der Waals surface area contributed by atoms with E-state index in [1.807, 2.05) is 27.7 Å². The van der Waals surface area contributed by atoms with Crippen LogP contribution in [0.3, 0.4) is 0 Å². The van der Waals surface area contributed by atoms with E-state index in [0.717, 1.165) is 16.9 Å². The minimum atomic E-state index is -0.350. The van der Waals surface area contributed by atoms with Gasteiger partial charge in [-0.25, -0.2) is 29.1 Å². The number of carbonyl (C=O) groups excluding carboxylic acids is 1. The molecule has 0 saturated carbocycles. The Kier molecular flexibility index (Phi) is 4.84. The van der Waals surface area contributed by atoms with Crippen molar-refractivity contribution in [2.24, 2.45) is 0 Å². The maximum Gasteiger partial charge on any atom is 0.317 e. The summed E-state index contributed by atoms with van der Waals surface area (Å²) >= 11 is 0. The molecule has 0 spiro atoms. The van der Waals surface area contributed by atoms with E-state index in [0.29, 0.717) is 62.2 Å². The molecule has 1 N–H and O–H groups in total. The van der Waals surface area contributed by atoms with E-state index in [1.54, 1.807) is 24.5 Å². The van der Waals surface area contributed by atoms with Crippen LogP contribution in [0.1, 0.15) is 17.4 Å². The number of pyridine rings is 1. The predicted molar refractivity (Wildman–Crippen MR) is 129 cm³/mol. The predicted octanol–water partition coefficient (Wildman–Crippen LogP) is 2.36. The Bertz CT molecular complexity index is 1470. The normalized spacial score (nSPS) is 21.4. The molecule has 3 aromatic heterocycles. The Morgan fingerprint density at radius 2 is 1.92 bits per heavy atom. The van der Waals surface area contributed by atoms with Crippen LogP contribution in [0.4, 0.5) is 15.1 Å². The third kappa shape index (κ3) is 3.38. The van der Waals surface area contributed by atoms with Crippen LogP contribution in [0.25, 0.3) is 22.4 Å². The van der Waals surface area contributed by atoms with Gasteiger partial charge in [0, 0.05) is 49.7 Å². The van der Waals surface area contributed by atoms with Crippen LogP contribution in [-0.2, 0) is 11.3 Å². The Labute approximate surface area is 205 Å². The lowest BCUT2D eigenvalue weighted by atomic mass is 10.1. The van der Waals surface area contributed by atoms with Crippen molar-refractivity contribution in [3.63, 3.8) is 0 Å². The number of urea groups is 1. The van der Waals surface area contributed by atoms with Crippen molar-refractivity contribution in [3.05, 3.63) is 66.0 Å². The number of rotatable bonds is 3. The lowest BCUT2D eigenvalue weighted by molar-refractivity contribution is 0.0667. The lowest BCUT2D eigenvalue weighted by Gasteiger charge is -2.36. The van der Waals surface area contributed by atoms with E-state index in [2.05, 4.69) is 25.2 Å². The van der Waals surface area contributed by atoms with Crippen LogP contribution in [0.5, 0.6) is 0 Å². The van der Waals surface area contributed by atoms with Gasteiger partial charge < -0.3 is 24.4 Å². The molecule has 0 radical (unpaired) electrons. The molecule has 182 valence electrons. The van der Waals surface area contributed by atoms with Crippen molar-refractivity contribution < 1.29 is 13.9 Å². The number of hydrogen-bond donors (Lipinski definition) is 1. The van der Waals surface area contributed by atoms with E-state index >= 15 is 0 Å². The number of nitrogens with zero attached hydrogens (tertiary/aromatic N) is 7. The first-order valence-electron chi connectivity index (χ1n) is 12.0. The second kappa shape index (κ2) is 8.23. The molecule has 0 aliphatic carbocycles. The quantitative estimate of drug-likeness (QED) is 0.474. The van der Waals surface area contributed by atoms with Crippen molar-refractivity contribution in [2.45, 2.75) is 18.7 Å². The Hall–Kier alpha value is -4.12. The van der Waals surface area contributed by atoms with E-state index in [9.17, 15) is 9.18 Å². The third-order valence-corrected chi connectivity index (χ3v) is 7.14. The van der Waals surface area contributed by atoms with Gasteiger partial charge >= 0.3 is 6.03 Å². The summed E-state index contributed by atoms with van der Waals surface area (Å²) in [6, 6.07) is 10.3. The minimum Gasteiger partial charge on any atom is -0.371 e. The zero-order chi connectivity index (χ0) is 24.2. The number of imidazole rings is 1. The number of piperazine rings is 1. The first kappa shape index (κ1) is 21.2. The molecule has 2 unspecified atom stereocenters. The summed E-state index contributed by atoms with van der Waals surface area (Å²) in [4.78, 5) is 34.6. The van der Waals surface area contributed by atoms with Crippen LogP contribution in [0, 0.1) is 5.82 Å². The third-order valence-electron chi connectivity index (χ3n) is 7.14. The van der Waals surface area contributed by atoms with Gasteiger partial charge in [0.2, 0.25) is 5.95 Å². The molecular weight excluding hydrogens is 463 g/mol. The molecule has 2 atom stereocenters. The summed E-state index contributed by atoms with van der Waals surface area (Å²) in [5.41, 5.74) is 3.46. The molecule has 4 aromatic rings. The van der Waals surface area contributed by atoms with Crippen molar-refractivity contribution in [3.8, 4) is 11.3 Å². The Balaban J connectivity index is 1.20. The fourth-order valence-electron chi connectivity index (χ4n) is 5.32. The van der Waals surface area contributed by atoms with Gasteiger partial charge in [0.1, 0.15) is 23.8 Å². The average Bonchev–Trinajstić information content (AvgIpc) is 3.48. The fourth-order valence-corrected chi connectivity index (χ4v) is 5.32. The second-order valence-corrected chi connectivity index (χ2v) is 9.24. The van der Waals surface area contributed by atoms with Gasteiger partial charge in [0.05, 0.1) is 24.4 Å². The zero-order valence-electron chi connectivity index (χ0n) is 19.3. The summed E-state index contributed by atoms with van der Waals surface area (Å²) < 4.78 is 22.4. The molecule has 6 heterocycles. The zero-order valence-corrected chi connectivity index (χ0v) is 19.3. The molecular formula is C25H23FN8O2. The van der Waals surface area contributed by atoms with Gasteiger partial charge in [-0.05, 0) is 18.2 Å². The molecule has 36 heavy (non-hydrogen) atoms. The Morgan fingerprint density at radius 1 is 1.06 bits per heavy atom. The van der Waals surface area contributed by atoms with E-state index < -0.39 is 0 Å². The molecule has 11 heteroatoms. The molecule has 0 bridgehead atoms. The number of carbonyl (C=O) groups is 1. The number of fused-ring (bicyclic) bond motifs is 4. The number of ether oxygens (including phenoxy) is 1. The summed E-state index contributed by atoms with van der Waals surface area (Å²) in [5.74, 6) is 1.08. The van der Waals surface area contributed by atoms with Crippen molar-refractivity contribution >= 4 is 23.1 Å². The number of benzene rings is 1. The van der Waals surface area contributed by atoms with Crippen LogP contribution in [0.15, 0.2) is 48.8 Å². The van der Waals surface area contributed by atoms with Crippen LogP contribution < -0.4 is 10.2 Å². The summed E-state index contributed by atoms with van der Waals surface area (Å²) in [5, 5.41) is 2.89. The van der Waals surface area contributed by atoms with E-state index in [4.69, 9.17) is 9.72 Å². The molecule has 2 fully saturated rings. The van der Waals surface area contributed by atoms with E-state index in [-0.39, 0.29) is 23.9 Å². The van der Waals surface area contributed by atoms with Gasteiger partial charge in [-0.1, -0.05) is 18.2 Å². The Morgan fingerprint density at radius 3 is 2.78 bits per heavy atom. The highest BCUT2D eigenvalue weighted by molar-refractivity contribution is 5.78. The number of hydrogen-bond acceptors (Lipinski definition) is 7. The fraction of sp³-hybridized carbons (Fsp3) is 0.320. The monoisotopic (exact) mass is 486 g/mol. The minimum absolute atomic E-state index is 0.00301. The molecule has 2 saturated heterocycles. The van der Waals surface area contributed by atoms with Gasteiger partial charge in [0.25, 0.3) is 0 Å². The molecule has 10 nitrogen and oxygen atoms in total. The summed E-state index contributed by atoms with van der Waals surface area (Å²) in [7, 11) is 0. The highest BCUT2D eigenvalue weighted by Gasteiger charge is 2.36. The smallest absolute Gasteiger partial charge is 0.317 e. The maximum atomic E-state index is 14.6. The molecule has 2 amide bonds. The highest BCUT2D eigenvalue weighted by Crippen LogP contribution is 2.32. The summed E-state index contributed by atoms with van der Waals surface area (Å²) in [6.45, 7) is 3.38. The second-order valence-electron chi connectivity index (χ2n) is 9.24. The molecule has 3 aliphatic rings. The number of nitrogens with one attached hydrogen (secondary N) is 1. The number of anilines is 1. The van der Waals surface area contributed by atoms with Crippen LogP contribution in [-0.4, -0.2) is 74.3 Å². The van der Waals surface area contributed by atoms with Gasteiger partial charge in [0.15, 0.2) is 5.65 Å².